The highest BCUT2D eigenvalue weighted by atomic mass is 32.1. The lowest BCUT2D eigenvalue weighted by Crippen LogP contribution is -2.21. The maximum absolute atomic E-state index is 4.74. The van der Waals surface area contributed by atoms with Crippen molar-refractivity contribution in [1.29, 1.82) is 0 Å². The zero-order valence-electron chi connectivity index (χ0n) is 13.5. The molecular weight excluding hydrogens is 316 g/mol. The fourth-order valence-electron chi connectivity index (χ4n) is 3.28. The number of nitrogens with one attached hydrogen (secondary N) is 1. The number of pyridine rings is 1. The van der Waals surface area contributed by atoms with Gasteiger partial charge in [-0.05, 0) is 37.1 Å². The lowest BCUT2D eigenvalue weighted by atomic mass is 9.84. The van der Waals surface area contributed by atoms with Gasteiger partial charge in [-0.1, -0.05) is 48.8 Å². The molecule has 2 aromatic heterocycles. The van der Waals surface area contributed by atoms with E-state index in [-0.39, 0.29) is 0 Å². The first-order chi connectivity index (χ1) is 11.9. The van der Waals surface area contributed by atoms with Gasteiger partial charge >= 0.3 is 0 Å². The van der Waals surface area contributed by atoms with Crippen molar-refractivity contribution < 1.29 is 0 Å². The van der Waals surface area contributed by atoms with Crippen molar-refractivity contribution in [2.75, 3.05) is 5.43 Å². The van der Waals surface area contributed by atoms with Crippen LogP contribution in [0.4, 0.5) is 5.13 Å². The van der Waals surface area contributed by atoms with Crippen molar-refractivity contribution in [1.82, 2.24) is 9.97 Å². The summed E-state index contributed by atoms with van der Waals surface area (Å²) in [5.74, 6) is 0.482. The van der Waals surface area contributed by atoms with Crippen LogP contribution in [0.5, 0.6) is 0 Å². The van der Waals surface area contributed by atoms with E-state index in [4.69, 9.17) is 5.10 Å². The van der Waals surface area contributed by atoms with E-state index in [0.717, 1.165) is 22.1 Å². The summed E-state index contributed by atoms with van der Waals surface area (Å²) in [6, 6.07) is 14.2. The number of rotatable bonds is 4. The molecule has 3 aromatic rings. The van der Waals surface area contributed by atoms with Gasteiger partial charge in [0.05, 0.1) is 21.6 Å². The van der Waals surface area contributed by atoms with Crippen molar-refractivity contribution in [3.8, 4) is 0 Å². The Balaban J connectivity index is 1.63. The summed E-state index contributed by atoms with van der Waals surface area (Å²) in [4.78, 5) is 9.12. The minimum Gasteiger partial charge on any atom is -0.255 e. The van der Waals surface area contributed by atoms with E-state index in [9.17, 15) is 0 Å². The molecule has 0 saturated heterocycles. The lowest BCUT2D eigenvalue weighted by Gasteiger charge is -2.22. The first-order valence-electron chi connectivity index (χ1n) is 8.51. The second-order valence-electron chi connectivity index (χ2n) is 6.15. The summed E-state index contributed by atoms with van der Waals surface area (Å²) in [7, 11) is 0. The number of fused-ring (bicyclic) bond motifs is 1. The number of hydrogen-bond donors (Lipinski definition) is 1. The number of aromatic nitrogens is 2. The van der Waals surface area contributed by atoms with E-state index in [0.29, 0.717) is 5.92 Å². The summed E-state index contributed by atoms with van der Waals surface area (Å²) in [6.07, 6.45) is 8.10. The molecule has 1 fully saturated rings. The van der Waals surface area contributed by atoms with E-state index < -0.39 is 0 Å². The number of thiazole rings is 1. The fraction of sp³-hybridized carbons (Fsp3) is 0.316. The molecule has 1 N–H and O–H groups in total. The Labute approximate surface area is 145 Å². The predicted octanol–water partition coefficient (Wildman–Crippen LogP) is 5.09. The molecule has 1 aromatic carbocycles. The number of benzene rings is 1. The lowest BCUT2D eigenvalue weighted by molar-refractivity contribution is 0.439. The van der Waals surface area contributed by atoms with Crippen molar-refractivity contribution in [3.63, 3.8) is 0 Å². The highest BCUT2D eigenvalue weighted by Gasteiger charge is 2.21. The van der Waals surface area contributed by atoms with Gasteiger partial charge in [-0.3, -0.25) is 10.4 Å². The van der Waals surface area contributed by atoms with Gasteiger partial charge in [-0.25, -0.2) is 4.98 Å². The van der Waals surface area contributed by atoms with Crippen LogP contribution in [-0.4, -0.2) is 15.7 Å². The zero-order valence-corrected chi connectivity index (χ0v) is 14.3. The third-order valence-electron chi connectivity index (χ3n) is 4.49. The molecule has 1 aliphatic carbocycles. The number of para-hydroxylation sites is 1. The minimum absolute atomic E-state index is 0.482. The molecule has 24 heavy (non-hydrogen) atoms. The second kappa shape index (κ2) is 7.09. The molecule has 5 heteroatoms. The van der Waals surface area contributed by atoms with Gasteiger partial charge in [0, 0.05) is 12.1 Å². The van der Waals surface area contributed by atoms with Gasteiger partial charge in [-0.15, -0.1) is 0 Å². The maximum Gasteiger partial charge on any atom is 0.204 e. The third kappa shape index (κ3) is 3.31. The van der Waals surface area contributed by atoms with Gasteiger partial charge in [-0.2, -0.15) is 5.10 Å². The normalized spacial score (nSPS) is 16.4. The average molecular weight is 336 g/mol. The van der Waals surface area contributed by atoms with Crippen molar-refractivity contribution in [2.24, 2.45) is 11.0 Å². The molecule has 4 nitrogen and oxygen atoms in total. The highest BCUT2D eigenvalue weighted by molar-refractivity contribution is 7.22. The summed E-state index contributed by atoms with van der Waals surface area (Å²) in [5, 5.41) is 5.57. The van der Waals surface area contributed by atoms with Crippen LogP contribution in [0.2, 0.25) is 0 Å². The predicted molar refractivity (Wildman–Crippen MR) is 101 cm³/mol. The van der Waals surface area contributed by atoms with Crippen LogP contribution in [0, 0.1) is 5.92 Å². The highest BCUT2D eigenvalue weighted by Crippen LogP contribution is 2.28. The van der Waals surface area contributed by atoms with Crippen LogP contribution in [0.25, 0.3) is 10.2 Å². The maximum atomic E-state index is 4.74. The molecule has 0 amide bonds. The third-order valence-corrected chi connectivity index (χ3v) is 5.43. The van der Waals surface area contributed by atoms with Crippen LogP contribution >= 0.6 is 11.3 Å². The van der Waals surface area contributed by atoms with Gasteiger partial charge in [0.2, 0.25) is 5.13 Å². The Hall–Kier alpha value is -2.27. The summed E-state index contributed by atoms with van der Waals surface area (Å²) in [5.41, 5.74) is 6.23. The fourth-order valence-corrected chi connectivity index (χ4v) is 4.08. The molecule has 0 bridgehead atoms. The largest absolute Gasteiger partial charge is 0.255 e. The Bertz CT molecular complexity index is 802. The Morgan fingerprint density at radius 1 is 1.04 bits per heavy atom. The Kier molecular flexibility index (Phi) is 4.51. The SMILES string of the molecule is c1ccc(/C(=N\Nc2nc3ccccc3s2)C2CCCCC2)nc1. The molecular formula is C19H20N4S. The summed E-state index contributed by atoms with van der Waals surface area (Å²) >= 11 is 1.63. The standard InChI is InChI=1S/C19H20N4S/c1-2-8-14(9-3-1)18(16-11-6-7-13-20-16)22-23-19-21-15-10-4-5-12-17(15)24-19/h4-7,10-14H,1-3,8-9H2,(H,21,23)/b22-18-. The number of hydrogen-bond acceptors (Lipinski definition) is 5. The quantitative estimate of drug-likeness (QED) is 0.533. The van der Waals surface area contributed by atoms with Gasteiger partial charge in [0.25, 0.3) is 0 Å². The van der Waals surface area contributed by atoms with Crippen LogP contribution in [0.3, 0.4) is 0 Å². The Morgan fingerprint density at radius 3 is 2.67 bits per heavy atom. The average Bonchev–Trinajstić information content (AvgIpc) is 3.07. The molecule has 1 aliphatic rings. The number of anilines is 1. The molecule has 2 heterocycles. The van der Waals surface area contributed by atoms with E-state index in [2.05, 4.69) is 21.5 Å². The first kappa shape index (κ1) is 15.3. The number of hydrazone groups is 1. The topological polar surface area (TPSA) is 50.2 Å². The monoisotopic (exact) mass is 336 g/mol. The van der Waals surface area contributed by atoms with E-state index in [1.165, 1.54) is 36.8 Å². The van der Waals surface area contributed by atoms with Crippen molar-refractivity contribution in [3.05, 3.63) is 54.4 Å². The smallest absolute Gasteiger partial charge is 0.204 e. The molecule has 0 spiro atoms. The van der Waals surface area contributed by atoms with Crippen LogP contribution in [-0.2, 0) is 0 Å². The minimum atomic E-state index is 0.482. The molecule has 0 atom stereocenters. The Morgan fingerprint density at radius 2 is 1.88 bits per heavy atom. The summed E-state index contributed by atoms with van der Waals surface area (Å²) in [6.45, 7) is 0. The summed E-state index contributed by atoms with van der Waals surface area (Å²) < 4.78 is 1.17. The second-order valence-corrected chi connectivity index (χ2v) is 7.18. The number of nitrogens with zero attached hydrogens (tertiary/aromatic N) is 3. The van der Waals surface area contributed by atoms with E-state index in [1.54, 1.807) is 11.3 Å². The van der Waals surface area contributed by atoms with E-state index in [1.807, 2.05) is 42.6 Å². The van der Waals surface area contributed by atoms with Gasteiger partial charge in [0.1, 0.15) is 0 Å². The molecule has 0 radical (unpaired) electrons. The van der Waals surface area contributed by atoms with Crippen LogP contribution in [0.1, 0.15) is 37.8 Å². The van der Waals surface area contributed by atoms with Crippen LogP contribution in [0.15, 0.2) is 53.8 Å². The molecule has 4 rings (SSSR count). The molecule has 122 valence electrons. The van der Waals surface area contributed by atoms with Crippen molar-refractivity contribution in [2.45, 2.75) is 32.1 Å². The molecule has 1 saturated carbocycles. The van der Waals surface area contributed by atoms with E-state index >= 15 is 0 Å². The van der Waals surface area contributed by atoms with Gasteiger partial charge < -0.3 is 0 Å². The molecule has 0 unspecified atom stereocenters. The zero-order chi connectivity index (χ0) is 16.2. The first-order valence-corrected chi connectivity index (χ1v) is 9.32. The molecule has 0 aliphatic heterocycles. The van der Waals surface area contributed by atoms with Crippen LogP contribution < -0.4 is 5.43 Å². The van der Waals surface area contributed by atoms with Gasteiger partial charge in [0.15, 0.2) is 0 Å². The van der Waals surface area contributed by atoms with Crippen molar-refractivity contribution >= 4 is 32.4 Å².